The van der Waals surface area contributed by atoms with E-state index in [0.29, 0.717) is 11.5 Å². The van der Waals surface area contributed by atoms with Gasteiger partial charge in [-0.2, -0.15) is 11.8 Å². The van der Waals surface area contributed by atoms with E-state index >= 15 is 0 Å². The molecule has 0 aromatic carbocycles. The number of thioether (sulfide) groups is 1. The lowest BCUT2D eigenvalue weighted by atomic mass is 9.54. The van der Waals surface area contributed by atoms with Gasteiger partial charge in [0, 0.05) is 36.3 Å². The average molecular weight is 241 g/mol. The van der Waals surface area contributed by atoms with Crippen molar-refractivity contribution in [3.8, 4) is 0 Å². The highest BCUT2D eigenvalue weighted by Gasteiger charge is 2.64. The zero-order valence-corrected chi connectivity index (χ0v) is 11.0. The predicted octanol–water partition coefficient (Wildman–Crippen LogP) is 2.29. The molecular formula is C13H23NOS. The molecule has 2 nitrogen and oxygen atoms in total. The molecule has 2 saturated carbocycles. The van der Waals surface area contributed by atoms with Gasteiger partial charge in [-0.05, 0) is 25.5 Å². The third-order valence-electron chi connectivity index (χ3n) is 4.96. The number of hydrogen-bond donors (Lipinski definition) is 1. The molecule has 92 valence electrons. The molecule has 0 amide bonds. The minimum atomic E-state index is 0.541. The number of nitrogens with one attached hydrogen (secondary N) is 1. The second kappa shape index (κ2) is 4.51. The Morgan fingerprint density at radius 2 is 2.19 bits per heavy atom. The van der Waals surface area contributed by atoms with E-state index in [2.05, 4.69) is 11.6 Å². The highest BCUT2D eigenvalue weighted by Crippen LogP contribution is 2.60. The van der Waals surface area contributed by atoms with Gasteiger partial charge < -0.3 is 10.1 Å². The predicted molar refractivity (Wildman–Crippen MR) is 68.9 cm³/mol. The van der Waals surface area contributed by atoms with Crippen LogP contribution in [-0.4, -0.2) is 37.3 Å². The Labute approximate surface area is 103 Å². The van der Waals surface area contributed by atoms with Gasteiger partial charge in [0.2, 0.25) is 0 Å². The van der Waals surface area contributed by atoms with Crippen molar-refractivity contribution in [2.24, 2.45) is 11.3 Å². The SMILES string of the molecule is CSCCNC1C2CCOC2C12CCCC2. The van der Waals surface area contributed by atoms with Gasteiger partial charge in [0.25, 0.3) is 0 Å². The van der Waals surface area contributed by atoms with Crippen molar-refractivity contribution < 1.29 is 4.74 Å². The summed E-state index contributed by atoms with van der Waals surface area (Å²) in [7, 11) is 0. The van der Waals surface area contributed by atoms with E-state index in [9.17, 15) is 0 Å². The van der Waals surface area contributed by atoms with Crippen molar-refractivity contribution in [3.63, 3.8) is 0 Å². The Hall–Kier alpha value is 0.270. The van der Waals surface area contributed by atoms with Crippen LogP contribution in [0.15, 0.2) is 0 Å². The fraction of sp³-hybridized carbons (Fsp3) is 1.00. The third-order valence-corrected chi connectivity index (χ3v) is 5.57. The Balaban J connectivity index is 1.65. The molecule has 1 saturated heterocycles. The van der Waals surface area contributed by atoms with Crippen LogP contribution < -0.4 is 5.32 Å². The molecule has 16 heavy (non-hydrogen) atoms. The molecule has 0 radical (unpaired) electrons. The summed E-state index contributed by atoms with van der Waals surface area (Å²) in [6.07, 6.45) is 9.76. The first-order chi connectivity index (χ1) is 7.88. The van der Waals surface area contributed by atoms with Crippen LogP contribution in [0.1, 0.15) is 32.1 Å². The maximum atomic E-state index is 5.98. The lowest BCUT2D eigenvalue weighted by Crippen LogP contribution is -2.67. The van der Waals surface area contributed by atoms with Crippen LogP contribution >= 0.6 is 11.8 Å². The van der Waals surface area contributed by atoms with Gasteiger partial charge in [0.15, 0.2) is 0 Å². The first-order valence-corrected chi connectivity index (χ1v) is 8.12. The Morgan fingerprint density at radius 1 is 1.38 bits per heavy atom. The van der Waals surface area contributed by atoms with Crippen molar-refractivity contribution >= 4 is 11.8 Å². The molecule has 1 spiro atoms. The maximum absolute atomic E-state index is 5.98. The third kappa shape index (κ3) is 1.55. The van der Waals surface area contributed by atoms with Crippen LogP contribution in [0.25, 0.3) is 0 Å². The summed E-state index contributed by atoms with van der Waals surface area (Å²) in [6.45, 7) is 2.19. The summed E-state index contributed by atoms with van der Waals surface area (Å²) in [5.41, 5.74) is 0.541. The van der Waals surface area contributed by atoms with Crippen molar-refractivity contribution in [1.82, 2.24) is 5.32 Å². The van der Waals surface area contributed by atoms with E-state index < -0.39 is 0 Å². The molecule has 3 atom stereocenters. The fourth-order valence-corrected chi connectivity index (χ4v) is 4.65. The van der Waals surface area contributed by atoms with Crippen molar-refractivity contribution in [1.29, 1.82) is 0 Å². The first-order valence-electron chi connectivity index (χ1n) is 6.72. The zero-order valence-electron chi connectivity index (χ0n) is 10.2. The summed E-state index contributed by atoms with van der Waals surface area (Å²) in [6, 6.07) is 0.773. The van der Waals surface area contributed by atoms with E-state index in [0.717, 1.165) is 18.6 Å². The molecule has 2 aliphatic carbocycles. The number of hydrogen-bond acceptors (Lipinski definition) is 3. The van der Waals surface area contributed by atoms with E-state index in [1.165, 1.54) is 44.4 Å². The zero-order chi connectivity index (χ0) is 11.0. The number of rotatable bonds is 4. The van der Waals surface area contributed by atoms with Gasteiger partial charge in [-0.3, -0.25) is 0 Å². The minimum Gasteiger partial charge on any atom is -0.377 e. The van der Waals surface area contributed by atoms with Crippen LogP contribution in [0.5, 0.6) is 0 Å². The standard InChI is InChI=1S/C13H23NOS/c1-16-9-7-14-11-10-4-8-15-12(10)13(11)5-2-3-6-13/h10-12,14H,2-9H2,1H3. The number of fused-ring (bicyclic) bond motifs is 2. The molecular weight excluding hydrogens is 218 g/mol. The Kier molecular flexibility index (Phi) is 3.20. The topological polar surface area (TPSA) is 21.3 Å². The van der Waals surface area contributed by atoms with Crippen molar-refractivity contribution in [3.05, 3.63) is 0 Å². The molecule has 0 bridgehead atoms. The largest absolute Gasteiger partial charge is 0.377 e. The van der Waals surface area contributed by atoms with E-state index in [-0.39, 0.29) is 0 Å². The van der Waals surface area contributed by atoms with Gasteiger partial charge >= 0.3 is 0 Å². The molecule has 3 aliphatic rings. The molecule has 1 aliphatic heterocycles. The van der Waals surface area contributed by atoms with E-state index in [1.54, 1.807) is 0 Å². The van der Waals surface area contributed by atoms with Crippen LogP contribution in [0.3, 0.4) is 0 Å². The van der Waals surface area contributed by atoms with Gasteiger partial charge in [-0.1, -0.05) is 12.8 Å². The molecule has 1 heterocycles. The average Bonchev–Trinajstić information content (AvgIpc) is 2.91. The maximum Gasteiger partial charge on any atom is 0.0690 e. The summed E-state index contributed by atoms with van der Waals surface area (Å²) >= 11 is 1.94. The lowest BCUT2D eigenvalue weighted by molar-refractivity contribution is -0.129. The van der Waals surface area contributed by atoms with E-state index in [1.807, 2.05) is 11.8 Å². The molecule has 0 aromatic rings. The van der Waals surface area contributed by atoms with Crippen molar-refractivity contribution in [2.75, 3.05) is 25.2 Å². The quantitative estimate of drug-likeness (QED) is 0.763. The summed E-state index contributed by atoms with van der Waals surface area (Å²) in [5, 5.41) is 3.82. The summed E-state index contributed by atoms with van der Waals surface area (Å²) in [4.78, 5) is 0. The molecule has 0 aromatic heterocycles. The number of ether oxygens (including phenoxy) is 1. The van der Waals surface area contributed by atoms with Gasteiger partial charge in [-0.15, -0.1) is 0 Å². The Morgan fingerprint density at radius 3 is 2.94 bits per heavy atom. The van der Waals surface area contributed by atoms with Crippen LogP contribution in [0.4, 0.5) is 0 Å². The smallest absolute Gasteiger partial charge is 0.0690 e. The minimum absolute atomic E-state index is 0.541. The highest BCUT2D eigenvalue weighted by molar-refractivity contribution is 7.98. The molecule has 1 N–H and O–H groups in total. The van der Waals surface area contributed by atoms with Gasteiger partial charge in [0.05, 0.1) is 6.10 Å². The lowest BCUT2D eigenvalue weighted by Gasteiger charge is -2.57. The second-order valence-corrected chi connectivity index (χ2v) is 6.59. The van der Waals surface area contributed by atoms with Crippen molar-refractivity contribution in [2.45, 2.75) is 44.2 Å². The normalized spacial score (nSPS) is 39.9. The summed E-state index contributed by atoms with van der Waals surface area (Å²) in [5.74, 6) is 2.07. The van der Waals surface area contributed by atoms with Gasteiger partial charge in [0.1, 0.15) is 0 Å². The first kappa shape index (κ1) is 11.4. The molecule has 3 unspecified atom stereocenters. The second-order valence-electron chi connectivity index (χ2n) is 5.61. The van der Waals surface area contributed by atoms with Crippen LogP contribution in [-0.2, 0) is 4.74 Å². The van der Waals surface area contributed by atoms with E-state index in [4.69, 9.17) is 4.74 Å². The molecule has 3 fully saturated rings. The fourth-order valence-electron chi connectivity index (χ4n) is 4.32. The molecule has 3 heteroatoms. The highest BCUT2D eigenvalue weighted by atomic mass is 32.2. The van der Waals surface area contributed by atoms with Crippen LogP contribution in [0.2, 0.25) is 0 Å². The monoisotopic (exact) mass is 241 g/mol. The van der Waals surface area contributed by atoms with Gasteiger partial charge in [-0.25, -0.2) is 0 Å². The molecule has 3 rings (SSSR count). The van der Waals surface area contributed by atoms with Crippen LogP contribution in [0, 0.1) is 11.3 Å². The summed E-state index contributed by atoms with van der Waals surface area (Å²) < 4.78 is 5.98. The Bertz CT molecular complexity index is 252.